The van der Waals surface area contributed by atoms with E-state index in [2.05, 4.69) is 34.6 Å². The molecule has 4 rings (SSSR count). The van der Waals surface area contributed by atoms with Crippen LogP contribution < -0.4 is 4.74 Å². The van der Waals surface area contributed by atoms with Crippen molar-refractivity contribution in [3.63, 3.8) is 0 Å². The summed E-state index contributed by atoms with van der Waals surface area (Å²) in [4.78, 5) is 0. The van der Waals surface area contributed by atoms with Crippen molar-refractivity contribution in [2.45, 2.75) is 19.6 Å². The van der Waals surface area contributed by atoms with Crippen molar-refractivity contribution >= 4 is 0 Å². The largest absolute Gasteiger partial charge is 0.487 e. The Hall–Kier alpha value is -3.47. The number of rotatable bonds is 7. The number of nitrogens with zero attached hydrogens (tertiary/aromatic N) is 3. The maximum Gasteiger partial charge on any atom is 0.134 e. The number of ether oxygens (including phenoxy) is 1. The Morgan fingerprint density at radius 3 is 2.36 bits per heavy atom. The van der Waals surface area contributed by atoms with Crippen molar-refractivity contribution in [1.29, 1.82) is 0 Å². The number of halogens is 1. The number of hydrogen-bond donors (Lipinski definition) is 0. The summed E-state index contributed by atoms with van der Waals surface area (Å²) in [6.07, 6.45) is 2.71. The van der Waals surface area contributed by atoms with Crippen LogP contribution >= 0.6 is 0 Å². The molecule has 0 saturated heterocycles. The van der Waals surface area contributed by atoms with Gasteiger partial charge < -0.3 is 4.74 Å². The van der Waals surface area contributed by atoms with Gasteiger partial charge in [-0.3, -0.25) is 0 Å². The van der Waals surface area contributed by atoms with Gasteiger partial charge in [0.1, 0.15) is 23.9 Å². The van der Waals surface area contributed by atoms with E-state index in [4.69, 9.17) is 4.74 Å². The summed E-state index contributed by atoms with van der Waals surface area (Å²) in [6.45, 7) is 0.806. The van der Waals surface area contributed by atoms with Gasteiger partial charge in [0.05, 0.1) is 12.7 Å². The Morgan fingerprint density at radius 1 is 0.821 bits per heavy atom. The van der Waals surface area contributed by atoms with E-state index < -0.39 is 0 Å². The Labute approximate surface area is 163 Å². The van der Waals surface area contributed by atoms with Crippen molar-refractivity contribution < 1.29 is 9.13 Å². The monoisotopic (exact) mass is 373 g/mol. The second kappa shape index (κ2) is 8.48. The third-order valence-corrected chi connectivity index (χ3v) is 4.38. The van der Waals surface area contributed by atoms with Crippen LogP contribution in [0.15, 0.2) is 85.1 Å². The van der Waals surface area contributed by atoms with Gasteiger partial charge in [0.25, 0.3) is 0 Å². The van der Waals surface area contributed by atoms with Gasteiger partial charge in [-0.15, -0.1) is 5.10 Å². The molecule has 5 heteroatoms. The van der Waals surface area contributed by atoms with Crippen LogP contribution in [-0.2, 0) is 19.6 Å². The van der Waals surface area contributed by atoms with Gasteiger partial charge in [-0.1, -0.05) is 59.8 Å². The molecule has 0 amide bonds. The molecule has 0 aliphatic rings. The first-order valence-electron chi connectivity index (χ1n) is 9.14. The van der Waals surface area contributed by atoms with Gasteiger partial charge in [-0.25, -0.2) is 9.07 Å². The van der Waals surface area contributed by atoms with Crippen molar-refractivity contribution in [3.8, 4) is 5.75 Å². The molecule has 0 aliphatic carbocycles. The second-order valence-corrected chi connectivity index (χ2v) is 6.63. The fourth-order valence-electron chi connectivity index (χ4n) is 3.00. The van der Waals surface area contributed by atoms with Crippen molar-refractivity contribution in [3.05, 3.63) is 113 Å². The molecule has 28 heavy (non-hydrogen) atoms. The van der Waals surface area contributed by atoms with Crippen molar-refractivity contribution in [2.75, 3.05) is 0 Å². The van der Waals surface area contributed by atoms with Gasteiger partial charge in [-0.05, 0) is 47.4 Å². The highest BCUT2D eigenvalue weighted by Crippen LogP contribution is 2.16. The first kappa shape index (κ1) is 17.9. The molecule has 0 radical (unpaired) electrons. The highest BCUT2D eigenvalue weighted by molar-refractivity contribution is 5.31. The molecule has 0 N–H and O–H groups in total. The molecule has 4 aromatic rings. The van der Waals surface area contributed by atoms with E-state index in [-0.39, 0.29) is 5.82 Å². The maximum atomic E-state index is 13.3. The van der Waals surface area contributed by atoms with E-state index in [0.717, 1.165) is 23.4 Å². The molecule has 1 heterocycles. The molecule has 1 aromatic heterocycles. The molecular weight excluding hydrogens is 353 g/mol. The van der Waals surface area contributed by atoms with E-state index >= 15 is 0 Å². The zero-order valence-corrected chi connectivity index (χ0v) is 15.3. The van der Waals surface area contributed by atoms with E-state index in [1.165, 1.54) is 23.3 Å². The summed E-state index contributed by atoms with van der Waals surface area (Å²) in [5, 5.41) is 8.20. The van der Waals surface area contributed by atoms with E-state index in [9.17, 15) is 4.39 Å². The molecule has 0 spiro atoms. The number of hydrogen-bond acceptors (Lipinski definition) is 3. The van der Waals surface area contributed by atoms with Crippen LogP contribution in [0.4, 0.5) is 4.39 Å². The first-order valence-corrected chi connectivity index (χ1v) is 9.14. The lowest BCUT2D eigenvalue weighted by molar-refractivity contribution is 0.301. The standard InChI is InChI=1S/C23H20FN3O/c24-21-8-4-7-20(14-21)15-27-16-22(25-26-27)17-28-23-11-9-19(10-12-23)13-18-5-2-1-3-6-18/h1-12,14,16H,13,15,17H2. The fraction of sp³-hybridized carbons (Fsp3) is 0.130. The van der Waals surface area contributed by atoms with Crippen LogP contribution in [0.5, 0.6) is 5.75 Å². The molecule has 4 nitrogen and oxygen atoms in total. The van der Waals surface area contributed by atoms with Crippen LogP contribution in [0.1, 0.15) is 22.4 Å². The zero-order chi connectivity index (χ0) is 19.2. The Kier molecular flexibility index (Phi) is 5.43. The van der Waals surface area contributed by atoms with Gasteiger partial charge >= 0.3 is 0 Å². The summed E-state index contributed by atoms with van der Waals surface area (Å²) in [5.41, 5.74) is 4.09. The number of benzene rings is 3. The summed E-state index contributed by atoms with van der Waals surface area (Å²) < 4.78 is 20.7. The van der Waals surface area contributed by atoms with Crippen LogP contribution in [0, 0.1) is 5.82 Å². The molecule has 140 valence electrons. The minimum absolute atomic E-state index is 0.253. The second-order valence-electron chi connectivity index (χ2n) is 6.63. The van der Waals surface area contributed by atoms with E-state index in [0.29, 0.717) is 13.2 Å². The molecular formula is C23H20FN3O. The smallest absolute Gasteiger partial charge is 0.134 e. The van der Waals surface area contributed by atoms with E-state index in [1.807, 2.05) is 42.6 Å². The van der Waals surface area contributed by atoms with E-state index in [1.54, 1.807) is 10.7 Å². The zero-order valence-electron chi connectivity index (χ0n) is 15.3. The number of aromatic nitrogens is 3. The average Bonchev–Trinajstić information content (AvgIpc) is 3.16. The van der Waals surface area contributed by atoms with Gasteiger partial charge in [0, 0.05) is 0 Å². The van der Waals surface area contributed by atoms with Gasteiger partial charge in [-0.2, -0.15) is 0 Å². The first-order chi connectivity index (χ1) is 13.7. The molecule has 0 saturated carbocycles. The highest BCUT2D eigenvalue weighted by Gasteiger charge is 2.04. The van der Waals surface area contributed by atoms with Gasteiger partial charge in [0.15, 0.2) is 0 Å². The highest BCUT2D eigenvalue weighted by atomic mass is 19.1. The molecule has 0 unspecified atom stereocenters. The van der Waals surface area contributed by atoms with Crippen LogP contribution in [0.25, 0.3) is 0 Å². The summed E-state index contributed by atoms with van der Waals surface area (Å²) in [6, 6.07) is 24.9. The SMILES string of the molecule is Fc1cccc(Cn2cc(COc3ccc(Cc4ccccc4)cc3)nn2)c1. The minimum atomic E-state index is -0.253. The lowest BCUT2D eigenvalue weighted by atomic mass is 10.1. The van der Waals surface area contributed by atoms with Crippen LogP contribution in [0.3, 0.4) is 0 Å². The Bertz CT molecular complexity index is 1030. The Balaban J connectivity index is 1.31. The maximum absolute atomic E-state index is 13.3. The molecule has 0 aliphatic heterocycles. The third kappa shape index (κ3) is 4.82. The summed E-state index contributed by atoms with van der Waals surface area (Å²) in [7, 11) is 0. The normalized spacial score (nSPS) is 10.8. The fourth-order valence-corrected chi connectivity index (χ4v) is 3.00. The van der Waals surface area contributed by atoms with Crippen molar-refractivity contribution in [2.24, 2.45) is 0 Å². The summed E-state index contributed by atoms with van der Waals surface area (Å²) >= 11 is 0. The molecule has 0 atom stereocenters. The third-order valence-electron chi connectivity index (χ3n) is 4.38. The quantitative estimate of drug-likeness (QED) is 0.474. The average molecular weight is 373 g/mol. The minimum Gasteiger partial charge on any atom is -0.487 e. The van der Waals surface area contributed by atoms with Crippen LogP contribution in [0.2, 0.25) is 0 Å². The van der Waals surface area contributed by atoms with Crippen LogP contribution in [-0.4, -0.2) is 15.0 Å². The van der Waals surface area contributed by atoms with Crippen molar-refractivity contribution in [1.82, 2.24) is 15.0 Å². The lowest BCUT2D eigenvalue weighted by Gasteiger charge is -2.06. The lowest BCUT2D eigenvalue weighted by Crippen LogP contribution is -2.00. The van der Waals surface area contributed by atoms with Gasteiger partial charge in [0.2, 0.25) is 0 Å². The Morgan fingerprint density at radius 2 is 1.57 bits per heavy atom. The molecule has 3 aromatic carbocycles. The summed E-state index contributed by atoms with van der Waals surface area (Å²) in [5.74, 6) is 0.536. The molecule has 0 fully saturated rings. The predicted octanol–water partition coefficient (Wildman–Crippen LogP) is 4.64. The predicted molar refractivity (Wildman–Crippen MR) is 106 cm³/mol. The topological polar surface area (TPSA) is 39.9 Å². The molecule has 0 bridgehead atoms.